The van der Waals surface area contributed by atoms with E-state index in [4.69, 9.17) is 4.84 Å². The maximum Gasteiger partial charge on any atom is 0.375 e. The van der Waals surface area contributed by atoms with Crippen molar-refractivity contribution in [2.45, 2.75) is 12.8 Å². The Morgan fingerprint density at radius 3 is 2.80 bits per heavy atom. The van der Waals surface area contributed by atoms with Gasteiger partial charge in [-0.25, -0.2) is 4.79 Å². The number of benzene rings is 1. The molecule has 102 valence electrons. The molecule has 0 atom stereocenters. The van der Waals surface area contributed by atoms with E-state index in [9.17, 15) is 4.79 Å². The monoisotopic (exact) mass is 286 g/mol. The topological polar surface area (TPSA) is 41.9 Å². The molecule has 0 aliphatic carbocycles. The highest BCUT2D eigenvalue weighted by Crippen LogP contribution is 2.22. The van der Waals surface area contributed by atoms with Gasteiger partial charge in [-0.15, -0.1) is 11.3 Å². The van der Waals surface area contributed by atoms with E-state index in [0.717, 1.165) is 30.9 Å². The first-order valence-electron chi connectivity index (χ1n) is 6.49. The number of carbonyl (C=O) groups is 1. The average molecular weight is 286 g/mol. The smallest absolute Gasteiger partial charge is 0.327 e. The van der Waals surface area contributed by atoms with Crippen molar-refractivity contribution >= 4 is 28.8 Å². The molecule has 0 saturated carbocycles. The molecule has 0 spiro atoms. The molecule has 1 aliphatic heterocycles. The molecule has 4 nitrogen and oxygen atoms in total. The minimum absolute atomic E-state index is 0.396. The van der Waals surface area contributed by atoms with Crippen LogP contribution in [0.2, 0.25) is 0 Å². The number of amidine groups is 1. The third kappa shape index (κ3) is 2.72. The van der Waals surface area contributed by atoms with Crippen LogP contribution in [0.3, 0.4) is 0 Å². The highest BCUT2D eigenvalue weighted by molar-refractivity contribution is 7.11. The SMILES string of the molecule is O=C(O/N=C1\CCCN1c1ccccc1)c1cccs1. The molecule has 20 heavy (non-hydrogen) atoms. The van der Waals surface area contributed by atoms with E-state index in [2.05, 4.69) is 10.1 Å². The van der Waals surface area contributed by atoms with Gasteiger partial charge < -0.3 is 9.74 Å². The quantitative estimate of drug-likeness (QED) is 0.640. The molecular weight excluding hydrogens is 272 g/mol. The summed E-state index contributed by atoms with van der Waals surface area (Å²) in [6.45, 7) is 0.902. The van der Waals surface area contributed by atoms with E-state index < -0.39 is 5.97 Å². The predicted octanol–water partition coefficient (Wildman–Crippen LogP) is 3.52. The van der Waals surface area contributed by atoms with Crippen LogP contribution in [0.15, 0.2) is 53.0 Å². The lowest BCUT2D eigenvalue weighted by Gasteiger charge is -2.17. The first kappa shape index (κ1) is 12.9. The summed E-state index contributed by atoms with van der Waals surface area (Å²) in [5.41, 5.74) is 1.08. The van der Waals surface area contributed by atoms with Crippen LogP contribution in [0.5, 0.6) is 0 Å². The fraction of sp³-hybridized carbons (Fsp3) is 0.200. The van der Waals surface area contributed by atoms with Crippen LogP contribution in [0.1, 0.15) is 22.5 Å². The van der Waals surface area contributed by atoms with Crippen LogP contribution in [-0.2, 0) is 4.84 Å². The van der Waals surface area contributed by atoms with Gasteiger partial charge in [0, 0.05) is 18.7 Å². The summed E-state index contributed by atoms with van der Waals surface area (Å²) in [5, 5.41) is 5.88. The van der Waals surface area contributed by atoms with Crippen molar-refractivity contribution in [3.05, 3.63) is 52.7 Å². The number of hydrogen-bond donors (Lipinski definition) is 0. The van der Waals surface area contributed by atoms with Gasteiger partial charge in [-0.3, -0.25) is 0 Å². The summed E-state index contributed by atoms with van der Waals surface area (Å²) < 4.78 is 0. The van der Waals surface area contributed by atoms with Gasteiger partial charge in [0.05, 0.1) is 0 Å². The van der Waals surface area contributed by atoms with Crippen LogP contribution in [0.4, 0.5) is 5.69 Å². The summed E-state index contributed by atoms with van der Waals surface area (Å²) in [5.74, 6) is 0.411. The maximum absolute atomic E-state index is 11.8. The molecule has 0 bridgehead atoms. The lowest BCUT2D eigenvalue weighted by atomic mass is 10.3. The Kier molecular flexibility index (Phi) is 3.78. The van der Waals surface area contributed by atoms with Crippen molar-refractivity contribution in [1.82, 2.24) is 0 Å². The van der Waals surface area contributed by atoms with Crippen LogP contribution in [-0.4, -0.2) is 18.3 Å². The number of rotatable bonds is 3. The predicted molar refractivity (Wildman–Crippen MR) is 80.2 cm³/mol. The fourth-order valence-corrected chi connectivity index (χ4v) is 2.77. The summed E-state index contributed by atoms with van der Waals surface area (Å²) in [6.07, 6.45) is 1.84. The molecule has 1 fully saturated rings. The van der Waals surface area contributed by atoms with Crippen LogP contribution in [0, 0.1) is 0 Å². The largest absolute Gasteiger partial charge is 0.375 e. The summed E-state index contributed by atoms with van der Waals surface area (Å²) in [7, 11) is 0. The number of hydrogen-bond acceptors (Lipinski definition) is 4. The zero-order chi connectivity index (χ0) is 13.8. The van der Waals surface area contributed by atoms with Crippen molar-refractivity contribution in [3.63, 3.8) is 0 Å². The average Bonchev–Trinajstić information content (AvgIpc) is 3.17. The van der Waals surface area contributed by atoms with Gasteiger partial charge >= 0.3 is 5.97 Å². The number of thiophene rings is 1. The van der Waals surface area contributed by atoms with Crippen molar-refractivity contribution in [3.8, 4) is 0 Å². The standard InChI is InChI=1S/C15H14N2O2S/c18-15(13-8-5-11-20-13)19-16-14-9-4-10-17(14)12-6-2-1-3-7-12/h1-3,5-8,11H,4,9-10H2/b16-14+. The normalized spacial score (nSPS) is 16.6. The summed E-state index contributed by atoms with van der Waals surface area (Å²) in [4.78, 5) is 19.5. The molecule has 2 heterocycles. The van der Waals surface area contributed by atoms with Gasteiger partial charge in [0.15, 0.2) is 0 Å². The Bertz CT molecular complexity index is 608. The van der Waals surface area contributed by atoms with E-state index in [-0.39, 0.29) is 0 Å². The minimum atomic E-state index is -0.396. The van der Waals surface area contributed by atoms with Crippen molar-refractivity contribution < 1.29 is 9.63 Å². The Morgan fingerprint density at radius 2 is 2.05 bits per heavy atom. The number of carbonyl (C=O) groups excluding carboxylic acids is 1. The Hall–Kier alpha value is -2.14. The first-order valence-corrected chi connectivity index (χ1v) is 7.37. The van der Waals surface area contributed by atoms with Crippen LogP contribution >= 0.6 is 11.3 Å². The molecule has 1 aromatic heterocycles. The molecule has 3 rings (SSSR count). The van der Waals surface area contributed by atoms with Gasteiger partial charge in [-0.1, -0.05) is 29.4 Å². The van der Waals surface area contributed by atoms with E-state index in [1.54, 1.807) is 6.07 Å². The van der Waals surface area contributed by atoms with Gasteiger partial charge in [0.1, 0.15) is 10.7 Å². The van der Waals surface area contributed by atoms with Crippen LogP contribution in [0.25, 0.3) is 0 Å². The Labute approximate surface area is 121 Å². The summed E-state index contributed by atoms with van der Waals surface area (Å²) >= 11 is 1.35. The molecule has 1 aromatic carbocycles. The number of nitrogens with zero attached hydrogens (tertiary/aromatic N) is 2. The van der Waals surface area contributed by atoms with Gasteiger partial charge in [0.2, 0.25) is 0 Å². The molecule has 0 radical (unpaired) electrons. The van der Waals surface area contributed by atoms with Gasteiger partial charge in [-0.2, -0.15) is 0 Å². The van der Waals surface area contributed by atoms with Gasteiger partial charge in [-0.05, 0) is 30.0 Å². The molecule has 1 aliphatic rings. The van der Waals surface area contributed by atoms with E-state index >= 15 is 0 Å². The fourth-order valence-electron chi connectivity index (χ4n) is 2.17. The zero-order valence-corrected chi connectivity index (χ0v) is 11.7. The molecule has 5 heteroatoms. The summed E-state index contributed by atoms with van der Waals surface area (Å²) in [6, 6.07) is 13.6. The third-order valence-electron chi connectivity index (χ3n) is 3.12. The van der Waals surface area contributed by atoms with Crippen molar-refractivity contribution in [2.75, 3.05) is 11.4 Å². The lowest BCUT2D eigenvalue weighted by Crippen LogP contribution is -2.24. The maximum atomic E-state index is 11.8. The number of anilines is 1. The number of oxime groups is 1. The molecule has 1 saturated heterocycles. The van der Waals surface area contributed by atoms with Crippen molar-refractivity contribution in [2.24, 2.45) is 5.16 Å². The molecule has 2 aromatic rings. The number of para-hydroxylation sites is 1. The third-order valence-corrected chi connectivity index (χ3v) is 3.97. The van der Waals surface area contributed by atoms with E-state index in [0.29, 0.717) is 4.88 Å². The zero-order valence-electron chi connectivity index (χ0n) is 10.9. The Balaban J connectivity index is 1.72. The molecule has 0 N–H and O–H groups in total. The second-order valence-electron chi connectivity index (χ2n) is 4.45. The van der Waals surface area contributed by atoms with Crippen LogP contribution < -0.4 is 4.90 Å². The minimum Gasteiger partial charge on any atom is -0.327 e. The molecular formula is C15H14N2O2S. The Morgan fingerprint density at radius 1 is 1.20 bits per heavy atom. The van der Waals surface area contributed by atoms with Gasteiger partial charge in [0.25, 0.3) is 0 Å². The van der Waals surface area contributed by atoms with E-state index in [1.807, 2.05) is 41.8 Å². The second kappa shape index (κ2) is 5.88. The first-order chi connectivity index (χ1) is 9.84. The molecule has 0 unspecified atom stereocenters. The highest BCUT2D eigenvalue weighted by atomic mass is 32.1. The molecule has 0 amide bonds. The second-order valence-corrected chi connectivity index (χ2v) is 5.40. The highest BCUT2D eigenvalue weighted by Gasteiger charge is 2.21. The van der Waals surface area contributed by atoms with Crippen molar-refractivity contribution in [1.29, 1.82) is 0 Å². The lowest BCUT2D eigenvalue weighted by molar-refractivity contribution is 0.0521. The van der Waals surface area contributed by atoms with E-state index in [1.165, 1.54) is 11.3 Å².